The number of unbranched alkanes of at least 4 members (excludes halogenated alkanes) is 2. The first-order chi connectivity index (χ1) is 11.7. The highest BCUT2D eigenvalue weighted by atomic mass is 32.3. The second-order valence-corrected chi connectivity index (χ2v) is 7.85. The van der Waals surface area contributed by atoms with Crippen LogP contribution in [-0.2, 0) is 34.7 Å². The summed E-state index contributed by atoms with van der Waals surface area (Å²) < 4.78 is 80.0. The van der Waals surface area contributed by atoms with E-state index < -0.39 is 32.0 Å². The van der Waals surface area contributed by atoms with E-state index in [4.69, 9.17) is 14.2 Å². The summed E-state index contributed by atoms with van der Waals surface area (Å²) in [5, 5.41) is 0. The van der Waals surface area contributed by atoms with Crippen LogP contribution < -0.4 is 0 Å². The van der Waals surface area contributed by atoms with Crippen molar-refractivity contribution >= 4 is 20.4 Å². The van der Waals surface area contributed by atoms with E-state index in [1.165, 1.54) is 12.5 Å². The predicted molar refractivity (Wildman–Crippen MR) is 89.3 cm³/mol. The number of halogens is 2. The van der Waals surface area contributed by atoms with Crippen LogP contribution in [0.1, 0.15) is 25.7 Å². The Labute approximate surface area is 148 Å². The first kappa shape index (κ1) is 24.0. The van der Waals surface area contributed by atoms with Crippen LogP contribution in [0, 0.1) is 0 Å². The highest BCUT2D eigenvalue weighted by Gasteiger charge is 2.06. The molecule has 0 rings (SSSR count). The van der Waals surface area contributed by atoms with E-state index in [0.717, 1.165) is 0 Å². The van der Waals surface area contributed by atoms with Gasteiger partial charge in [-0.2, -0.15) is 16.8 Å². The van der Waals surface area contributed by atoms with Gasteiger partial charge in [-0.3, -0.25) is 0 Å². The van der Waals surface area contributed by atoms with E-state index in [-0.39, 0.29) is 13.2 Å². The minimum atomic E-state index is -4.46. The largest absolute Gasteiger partial charge is 0.473 e. The van der Waals surface area contributed by atoms with Gasteiger partial charge in [0.25, 0.3) is 0 Å². The minimum absolute atomic E-state index is 0.158. The molecule has 0 fully saturated rings. The highest BCUT2D eigenvalue weighted by Crippen LogP contribution is 1.97. The lowest BCUT2D eigenvalue weighted by atomic mass is 10.3. The van der Waals surface area contributed by atoms with Gasteiger partial charge in [0.1, 0.15) is 11.5 Å². The lowest BCUT2D eigenvalue weighted by molar-refractivity contribution is 0.146. The van der Waals surface area contributed by atoms with Crippen molar-refractivity contribution in [3.63, 3.8) is 0 Å². The van der Waals surface area contributed by atoms with E-state index in [0.29, 0.717) is 38.9 Å². The molecule has 148 valence electrons. The zero-order chi connectivity index (χ0) is 19.0. The molecule has 0 aliphatic rings. The standard InChI is InChI=1S/C14H24F2O7S2/c15-24(17,18)13-11-22-9-5-1-3-7-21-8-4-2-6-10-23-12-14-25(16,19)20/h3-4,7-8H,1-2,5-6,9-14H2. The van der Waals surface area contributed by atoms with Gasteiger partial charge in [0.2, 0.25) is 0 Å². The van der Waals surface area contributed by atoms with Gasteiger partial charge in [0.05, 0.1) is 25.7 Å². The minimum Gasteiger partial charge on any atom is -0.473 e. The molecule has 0 spiro atoms. The summed E-state index contributed by atoms with van der Waals surface area (Å²) in [6.07, 6.45) is 9.16. The molecule has 0 N–H and O–H groups in total. The lowest BCUT2D eigenvalue weighted by Crippen LogP contribution is -2.07. The molecule has 0 aliphatic carbocycles. The molecule has 0 unspecified atom stereocenters. The Morgan fingerprint density at radius 3 is 1.44 bits per heavy atom. The Morgan fingerprint density at radius 1 is 0.680 bits per heavy atom. The molecule has 0 saturated carbocycles. The van der Waals surface area contributed by atoms with Crippen molar-refractivity contribution in [1.29, 1.82) is 0 Å². The zero-order valence-corrected chi connectivity index (χ0v) is 15.4. The number of allylic oxidation sites excluding steroid dienone is 2. The zero-order valence-electron chi connectivity index (χ0n) is 13.8. The maximum Gasteiger partial charge on any atom is 0.304 e. The van der Waals surface area contributed by atoms with Crippen LogP contribution in [0.4, 0.5) is 7.77 Å². The molecule has 0 radical (unpaired) electrons. The molecule has 0 aromatic carbocycles. The monoisotopic (exact) mass is 406 g/mol. The molecule has 0 aromatic rings. The van der Waals surface area contributed by atoms with Crippen molar-refractivity contribution in [2.24, 2.45) is 0 Å². The smallest absolute Gasteiger partial charge is 0.304 e. The van der Waals surface area contributed by atoms with Crippen molar-refractivity contribution in [3.05, 3.63) is 24.7 Å². The molecule has 25 heavy (non-hydrogen) atoms. The van der Waals surface area contributed by atoms with Gasteiger partial charge in [-0.25, -0.2) is 0 Å². The third-order valence-electron chi connectivity index (χ3n) is 2.61. The van der Waals surface area contributed by atoms with Crippen molar-refractivity contribution in [3.8, 4) is 0 Å². The van der Waals surface area contributed by atoms with Gasteiger partial charge in [0, 0.05) is 13.2 Å². The lowest BCUT2D eigenvalue weighted by Gasteiger charge is -2.00. The predicted octanol–water partition coefficient (Wildman–Crippen LogP) is 2.22. The van der Waals surface area contributed by atoms with E-state index in [1.807, 2.05) is 0 Å². The van der Waals surface area contributed by atoms with Gasteiger partial charge in [-0.15, -0.1) is 7.77 Å². The van der Waals surface area contributed by atoms with Crippen LogP contribution in [0.25, 0.3) is 0 Å². The Balaban J connectivity index is 3.35. The van der Waals surface area contributed by atoms with Crippen LogP contribution >= 0.6 is 0 Å². The summed E-state index contributed by atoms with van der Waals surface area (Å²) >= 11 is 0. The summed E-state index contributed by atoms with van der Waals surface area (Å²) in [5.74, 6) is -1.26. The average Bonchev–Trinajstić information content (AvgIpc) is 2.48. The summed E-state index contributed by atoms with van der Waals surface area (Å²) in [4.78, 5) is 0. The highest BCUT2D eigenvalue weighted by molar-refractivity contribution is 7.86. The maximum absolute atomic E-state index is 12.1. The van der Waals surface area contributed by atoms with E-state index >= 15 is 0 Å². The van der Waals surface area contributed by atoms with Crippen LogP contribution in [0.15, 0.2) is 24.7 Å². The van der Waals surface area contributed by atoms with Crippen molar-refractivity contribution in [2.75, 3.05) is 37.9 Å². The fourth-order valence-corrected chi connectivity index (χ4v) is 2.05. The maximum atomic E-state index is 12.1. The van der Waals surface area contributed by atoms with Crippen LogP contribution in [0.3, 0.4) is 0 Å². The molecular formula is C14H24F2O7S2. The van der Waals surface area contributed by atoms with E-state index in [2.05, 4.69) is 0 Å². The molecule has 0 atom stereocenters. The van der Waals surface area contributed by atoms with Gasteiger partial charge in [-0.05, 0) is 37.8 Å². The topological polar surface area (TPSA) is 96.0 Å². The van der Waals surface area contributed by atoms with E-state index in [9.17, 15) is 24.6 Å². The summed E-state index contributed by atoms with van der Waals surface area (Å²) in [6.45, 7) is 0.350. The molecule has 11 heteroatoms. The normalized spacial score (nSPS) is 13.0. The summed E-state index contributed by atoms with van der Waals surface area (Å²) in [7, 11) is -8.93. The number of rotatable bonds is 16. The quantitative estimate of drug-likeness (QED) is 0.220. The third kappa shape index (κ3) is 23.0. The summed E-state index contributed by atoms with van der Waals surface area (Å²) in [5.41, 5.74) is 0. The molecular weight excluding hydrogens is 382 g/mol. The Hall–Kier alpha value is -1.04. The van der Waals surface area contributed by atoms with Gasteiger partial charge >= 0.3 is 20.4 Å². The Morgan fingerprint density at radius 2 is 1.08 bits per heavy atom. The first-order valence-corrected chi connectivity index (χ1v) is 10.8. The van der Waals surface area contributed by atoms with Gasteiger partial charge in [-0.1, -0.05) is 0 Å². The van der Waals surface area contributed by atoms with E-state index in [1.54, 1.807) is 12.2 Å². The SMILES string of the molecule is O=S(=O)(F)CCOCCCC=COC=CCCCOCCS(=O)(=O)F. The third-order valence-corrected chi connectivity index (χ3v) is 3.92. The fraction of sp³-hybridized carbons (Fsp3) is 0.714. The second-order valence-electron chi connectivity index (χ2n) is 4.87. The number of hydrogen-bond donors (Lipinski definition) is 0. The molecule has 7 nitrogen and oxygen atoms in total. The molecule has 0 aromatic heterocycles. The first-order valence-electron chi connectivity index (χ1n) is 7.66. The summed E-state index contributed by atoms with van der Waals surface area (Å²) in [6, 6.07) is 0. The van der Waals surface area contributed by atoms with Crippen LogP contribution in [-0.4, -0.2) is 54.8 Å². The molecule has 0 heterocycles. The van der Waals surface area contributed by atoms with Crippen LogP contribution in [0.5, 0.6) is 0 Å². The number of ether oxygens (including phenoxy) is 3. The van der Waals surface area contributed by atoms with Crippen molar-refractivity contribution < 1.29 is 38.8 Å². The molecule has 0 bridgehead atoms. The fourth-order valence-electron chi connectivity index (χ4n) is 1.42. The molecule has 0 amide bonds. The second kappa shape index (κ2) is 14.2. The molecule has 0 aliphatic heterocycles. The van der Waals surface area contributed by atoms with Crippen LogP contribution in [0.2, 0.25) is 0 Å². The van der Waals surface area contributed by atoms with Crippen molar-refractivity contribution in [1.82, 2.24) is 0 Å². The van der Waals surface area contributed by atoms with Gasteiger partial charge < -0.3 is 14.2 Å². The Bertz CT molecular complexity index is 534. The molecule has 0 saturated heterocycles. The average molecular weight is 406 g/mol. The Kier molecular flexibility index (Phi) is 13.6. The van der Waals surface area contributed by atoms with Gasteiger partial charge in [0.15, 0.2) is 0 Å². The van der Waals surface area contributed by atoms with Crippen molar-refractivity contribution in [2.45, 2.75) is 25.7 Å². The number of hydrogen-bond acceptors (Lipinski definition) is 7.